The Morgan fingerprint density at radius 2 is 2.32 bits per heavy atom. The molecule has 0 radical (unpaired) electrons. The predicted octanol–water partition coefficient (Wildman–Crippen LogP) is 2.29. The van der Waals surface area contributed by atoms with Crippen LogP contribution >= 0.6 is 11.3 Å². The molecule has 0 spiro atoms. The number of nitrogens with two attached hydrogens (primary N) is 1. The Labute approximate surface area is 131 Å². The largest absolute Gasteiger partial charge is 0.380 e. The van der Waals surface area contributed by atoms with E-state index in [0.29, 0.717) is 24.4 Å². The Balaban J connectivity index is 1.59. The molecular formula is C15H16N4O2S. The highest BCUT2D eigenvalue weighted by molar-refractivity contribution is 7.09. The van der Waals surface area contributed by atoms with E-state index < -0.39 is 0 Å². The van der Waals surface area contributed by atoms with Gasteiger partial charge in [0.15, 0.2) is 11.4 Å². The van der Waals surface area contributed by atoms with E-state index in [9.17, 15) is 4.79 Å². The molecule has 3 aromatic rings. The monoisotopic (exact) mass is 316 g/mol. The number of carbonyl (C=O) groups excluding carboxylic acids is 1. The summed E-state index contributed by atoms with van der Waals surface area (Å²) in [5.74, 6) is 0.329. The number of nitrogen functional groups attached to an aromatic ring is 1. The minimum Gasteiger partial charge on any atom is -0.380 e. The summed E-state index contributed by atoms with van der Waals surface area (Å²) in [6.07, 6.45) is 1.20. The van der Waals surface area contributed by atoms with Crippen molar-refractivity contribution in [2.45, 2.75) is 26.3 Å². The quantitative estimate of drug-likeness (QED) is 0.753. The molecule has 0 aliphatic heterocycles. The third-order valence-electron chi connectivity index (χ3n) is 3.33. The van der Waals surface area contributed by atoms with Gasteiger partial charge in [-0.25, -0.2) is 4.98 Å². The first-order valence-corrected chi connectivity index (χ1v) is 7.87. The summed E-state index contributed by atoms with van der Waals surface area (Å²) in [4.78, 5) is 16.3. The van der Waals surface area contributed by atoms with E-state index in [1.807, 2.05) is 30.5 Å². The summed E-state index contributed by atoms with van der Waals surface area (Å²) in [5, 5.41) is 10.2. The number of hydrogen-bond acceptors (Lipinski definition) is 6. The number of nitrogens with one attached hydrogen (secondary N) is 1. The van der Waals surface area contributed by atoms with Crippen molar-refractivity contribution < 1.29 is 9.32 Å². The zero-order valence-corrected chi connectivity index (χ0v) is 12.9. The standard InChI is InChI=1S/C15H16N4O2S/c1-2-10-8-22-14(18-10)6-13(20)17-7-9-3-4-11-12(5-9)21-19-15(11)16/h3-5,8H,2,6-7H2,1H3,(H2,16,19)(H,17,20). The lowest BCUT2D eigenvalue weighted by Crippen LogP contribution is -2.24. The van der Waals surface area contributed by atoms with Crippen molar-refractivity contribution in [3.8, 4) is 0 Å². The van der Waals surface area contributed by atoms with Gasteiger partial charge in [0, 0.05) is 11.9 Å². The van der Waals surface area contributed by atoms with Gasteiger partial charge in [-0.15, -0.1) is 11.3 Å². The highest BCUT2D eigenvalue weighted by Crippen LogP contribution is 2.21. The predicted molar refractivity (Wildman–Crippen MR) is 85.5 cm³/mol. The second-order valence-electron chi connectivity index (χ2n) is 4.94. The normalized spacial score (nSPS) is 11.0. The Kier molecular flexibility index (Phi) is 4.06. The number of thiazole rings is 1. The summed E-state index contributed by atoms with van der Waals surface area (Å²) in [6.45, 7) is 2.48. The summed E-state index contributed by atoms with van der Waals surface area (Å²) in [5.41, 5.74) is 8.25. The molecule has 0 unspecified atom stereocenters. The molecule has 3 N–H and O–H groups in total. The van der Waals surface area contributed by atoms with Gasteiger partial charge in [0.1, 0.15) is 5.01 Å². The SMILES string of the molecule is CCc1csc(CC(=O)NCc2ccc3c(N)noc3c2)n1. The number of aromatic nitrogens is 2. The van der Waals surface area contributed by atoms with Crippen LogP contribution in [0.1, 0.15) is 23.2 Å². The van der Waals surface area contributed by atoms with Crippen molar-refractivity contribution in [2.75, 3.05) is 5.73 Å². The van der Waals surface area contributed by atoms with E-state index in [4.69, 9.17) is 10.3 Å². The van der Waals surface area contributed by atoms with E-state index in [-0.39, 0.29) is 5.91 Å². The molecule has 0 saturated carbocycles. The minimum absolute atomic E-state index is 0.0471. The zero-order chi connectivity index (χ0) is 15.5. The van der Waals surface area contributed by atoms with Crippen LogP contribution in [0.15, 0.2) is 28.1 Å². The molecule has 1 aromatic carbocycles. The molecule has 7 heteroatoms. The lowest BCUT2D eigenvalue weighted by Gasteiger charge is -2.04. The fourth-order valence-electron chi connectivity index (χ4n) is 2.10. The van der Waals surface area contributed by atoms with E-state index >= 15 is 0 Å². The van der Waals surface area contributed by atoms with Gasteiger partial charge in [-0.2, -0.15) is 0 Å². The third-order valence-corrected chi connectivity index (χ3v) is 4.22. The molecule has 2 heterocycles. The molecule has 0 fully saturated rings. The van der Waals surface area contributed by atoms with E-state index in [1.165, 1.54) is 11.3 Å². The van der Waals surface area contributed by atoms with Crippen molar-refractivity contribution in [1.29, 1.82) is 0 Å². The van der Waals surface area contributed by atoms with Gasteiger partial charge in [-0.3, -0.25) is 4.79 Å². The summed E-state index contributed by atoms with van der Waals surface area (Å²) in [7, 11) is 0. The number of hydrogen-bond donors (Lipinski definition) is 2. The van der Waals surface area contributed by atoms with Gasteiger partial charge >= 0.3 is 0 Å². The van der Waals surface area contributed by atoms with Crippen LogP contribution in [0, 0.1) is 0 Å². The maximum atomic E-state index is 12.0. The number of amides is 1. The van der Waals surface area contributed by atoms with Crippen molar-refractivity contribution >= 4 is 34.0 Å². The first kappa shape index (κ1) is 14.5. The maximum Gasteiger partial charge on any atom is 0.227 e. The van der Waals surface area contributed by atoms with Gasteiger partial charge in [0.25, 0.3) is 0 Å². The Bertz CT molecular complexity index is 809. The molecule has 2 aromatic heterocycles. The molecule has 6 nitrogen and oxygen atoms in total. The summed E-state index contributed by atoms with van der Waals surface area (Å²) in [6, 6.07) is 5.57. The fraction of sp³-hybridized carbons (Fsp3) is 0.267. The Morgan fingerprint density at radius 1 is 1.45 bits per heavy atom. The first-order valence-electron chi connectivity index (χ1n) is 6.99. The molecule has 114 valence electrons. The second kappa shape index (κ2) is 6.15. The van der Waals surface area contributed by atoms with Gasteiger partial charge in [0.2, 0.25) is 5.91 Å². The second-order valence-corrected chi connectivity index (χ2v) is 5.88. The van der Waals surface area contributed by atoms with Crippen LogP contribution in [-0.2, 0) is 24.2 Å². The highest BCUT2D eigenvalue weighted by Gasteiger charge is 2.09. The number of aryl methyl sites for hydroxylation is 1. The van der Waals surface area contributed by atoms with Crippen LogP contribution in [0.4, 0.5) is 5.82 Å². The van der Waals surface area contributed by atoms with E-state index in [2.05, 4.69) is 15.5 Å². The molecule has 3 rings (SSSR count). The van der Waals surface area contributed by atoms with Gasteiger partial charge in [0.05, 0.1) is 17.5 Å². The minimum atomic E-state index is -0.0471. The molecule has 0 aliphatic carbocycles. The van der Waals surface area contributed by atoms with Crippen LogP contribution in [0.2, 0.25) is 0 Å². The van der Waals surface area contributed by atoms with Gasteiger partial charge in [-0.1, -0.05) is 18.1 Å². The van der Waals surface area contributed by atoms with Crippen molar-refractivity contribution in [2.24, 2.45) is 0 Å². The lowest BCUT2D eigenvalue weighted by atomic mass is 10.1. The number of fused-ring (bicyclic) bond motifs is 1. The molecule has 0 saturated heterocycles. The maximum absolute atomic E-state index is 12.0. The van der Waals surface area contributed by atoms with Gasteiger partial charge in [-0.05, 0) is 24.1 Å². The molecular weight excluding hydrogens is 300 g/mol. The highest BCUT2D eigenvalue weighted by atomic mass is 32.1. The average Bonchev–Trinajstić information content (AvgIpc) is 3.12. The third kappa shape index (κ3) is 3.09. The molecule has 0 aliphatic rings. The van der Waals surface area contributed by atoms with Crippen molar-refractivity contribution in [1.82, 2.24) is 15.5 Å². The van der Waals surface area contributed by atoms with Crippen molar-refractivity contribution in [3.05, 3.63) is 39.8 Å². The fourth-order valence-corrected chi connectivity index (χ4v) is 2.98. The number of anilines is 1. The van der Waals surface area contributed by atoms with Crippen LogP contribution in [0.5, 0.6) is 0 Å². The Morgan fingerprint density at radius 3 is 3.09 bits per heavy atom. The average molecular weight is 316 g/mol. The van der Waals surface area contributed by atoms with E-state index in [0.717, 1.165) is 28.1 Å². The number of benzene rings is 1. The lowest BCUT2D eigenvalue weighted by molar-refractivity contribution is -0.120. The molecule has 22 heavy (non-hydrogen) atoms. The molecule has 0 bridgehead atoms. The number of rotatable bonds is 5. The van der Waals surface area contributed by atoms with Crippen LogP contribution in [-0.4, -0.2) is 16.0 Å². The number of nitrogens with zero attached hydrogens (tertiary/aromatic N) is 2. The topological polar surface area (TPSA) is 94.0 Å². The van der Waals surface area contributed by atoms with Crippen LogP contribution in [0.3, 0.4) is 0 Å². The Hall–Kier alpha value is -2.41. The van der Waals surface area contributed by atoms with Crippen molar-refractivity contribution in [3.63, 3.8) is 0 Å². The first-order chi connectivity index (χ1) is 10.7. The molecule has 0 atom stereocenters. The zero-order valence-electron chi connectivity index (χ0n) is 12.1. The smallest absolute Gasteiger partial charge is 0.227 e. The number of carbonyl (C=O) groups is 1. The molecule has 1 amide bonds. The summed E-state index contributed by atoms with van der Waals surface area (Å²) < 4.78 is 5.11. The van der Waals surface area contributed by atoms with Crippen LogP contribution < -0.4 is 11.1 Å². The van der Waals surface area contributed by atoms with Crippen LogP contribution in [0.25, 0.3) is 11.0 Å². The van der Waals surface area contributed by atoms with E-state index in [1.54, 1.807) is 0 Å². The summed E-state index contributed by atoms with van der Waals surface area (Å²) >= 11 is 1.52. The van der Waals surface area contributed by atoms with Gasteiger partial charge < -0.3 is 15.6 Å².